The zero-order chi connectivity index (χ0) is 13.9. The van der Waals surface area contributed by atoms with Crippen LogP contribution < -0.4 is 5.32 Å². The highest BCUT2D eigenvalue weighted by Gasteiger charge is 2.25. The van der Waals surface area contributed by atoms with Crippen LogP contribution >= 0.6 is 0 Å². The number of para-hydroxylation sites is 1. The summed E-state index contributed by atoms with van der Waals surface area (Å²) < 4.78 is 2.21. The molecule has 1 aromatic heterocycles. The number of hydrogen-bond donors (Lipinski definition) is 1. The van der Waals surface area contributed by atoms with Gasteiger partial charge in [0.1, 0.15) is 0 Å². The highest BCUT2D eigenvalue weighted by Crippen LogP contribution is 2.25. The van der Waals surface area contributed by atoms with Crippen molar-refractivity contribution in [2.45, 2.75) is 32.4 Å². The third-order valence-corrected chi connectivity index (χ3v) is 3.79. The van der Waals surface area contributed by atoms with Gasteiger partial charge < -0.3 is 14.8 Å². The van der Waals surface area contributed by atoms with Crippen LogP contribution in [0.1, 0.15) is 18.5 Å². The summed E-state index contributed by atoms with van der Waals surface area (Å²) in [6.07, 6.45) is 4.83. The van der Waals surface area contributed by atoms with Gasteiger partial charge in [-0.05, 0) is 38.9 Å². The second-order valence-electron chi connectivity index (χ2n) is 5.60. The third kappa shape index (κ3) is 3.20. The molecule has 0 aliphatic heterocycles. The molecule has 2 aromatic rings. The lowest BCUT2D eigenvalue weighted by atomic mass is 10.3. The summed E-state index contributed by atoms with van der Waals surface area (Å²) >= 11 is 0. The summed E-state index contributed by atoms with van der Waals surface area (Å²) in [5.74, 6) is 0.929. The molecule has 0 amide bonds. The standard InChI is InChI=1S/C16H22N4/c1-13-12-20(11-10-19(2)15-8-9-15)16(17-13)18-14-6-4-3-5-7-14/h3-7,12,15H,8-11H2,1-2H3,(H,17,18). The predicted molar refractivity (Wildman–Crippen MR) is 82.3 cm³/mol. The number of anilines is 2. The van der Waals surface area contributed by atoms with E-state index >= 15 is 0 Å². The van der Waals surface area contributed by atoms with Gasteiger partial charge in [0.15, 0.2) is 0 Å². The second kappa shape index (κ2) is 5.67. The Bertz CT molecular complexity index is 557. The number of aryl methyl sites for hydroxylation is 1. The Kier molecular flexibility index (Phi) is 3.74. The highest BCUT2D eigenvalue weighted by molar-refractivity contribution is 5.53. The van der Waals surface area contributed by atoms with Crippen LogP contribution in [0, 0.1) is 6.92 Å². The van der Waals surface area contributed by atoms with Crippen molar-refractivity contribution in [3.8, 4) is 0 Å². The maximum Gasteiger partial charge on any atom is 0.207 e. The van der Waals surface area contributed by atoms with Crippen LogP contribution in [-0.2, 0) is 6.54 Å². The molecule has 0 radical (unpaired) electrons. The number of nitrogens with one attached hydrogen (secondary N) is 1. The molecule has 1 aliphatic carbocycles. The van der Waals surface area contributed by atoms with E-state index in [-0.39, 0.29) is 0 Å². The minimum Gasteiger partial charge on any atom is -0.326 e. The molecule has 1 heterocycles. The van der Waals surface area contributed by atoms with E-state index in [4.69, 9.17) is 0 Å². The Morgan fingerprint density at radius 3 is 2.75 bits per heavy atom. The van der Waals surface area contributed by atoms with Gasteiger partial charge in [0.2, 0.25) is 5.95 Å². The Morgan fingerprint density at radius 2 is 2.05 bits per heavy atom. The first-order valence-electron chi connectivity index (χ1n) is 7.28. The number of benzene rings is 1. The van der Waals surface area contributed by atoms with Gasteiger partial charge in [-0.15, -0.1) is 0 Å². The second-order valence-corrected chi connectivity index (χ2v) is 5.60. The lowest BCUT2D eigenvalue weighted by molar-refractivity contribution is 0.310. The Hall–Kier alpha value is -1.81. The maximum absolute atomic E-state index is 4.58. The van der Waals surface area contributed by atoms with Crippen LogP contribution in [0.3, 0.4) is 0 Å². The zero-order valence-corrected chi connectivity index (χ0v) is 12.2. The Morgan fingerprint density at radius 1 is 1.30 bits per heavy atom. The quantitative estimate of drug-likeness (QED) is 0.876. The van der Waals surface area contributed by atoms with Gasteiger partial charge in [-0.1, -0.05) is 18.2 Å². The van der Waals surface area contributed by atoms with E-state index in [1.54, 1.807) is 0 Å². The Balaban J connectivity index is 1.67. The first-order chi connectivity index (χ1) is 9.72. The van der Waals surface area contributed by atoms with Crippen molar-refractivity contribution in [3.63, 3.8) is 0 Å². The van der Waals surface area contributed by atoms with E-state index in [0.29, 0.717) is 0 Å². The van der Waals surface area contributed by atoms with Crippen molar-refractivity contribution in [2.24, 2.45) is 0 Å². The van der Waals surface area contributed by atoms with Gasteiger partial charge in [0.05, 0.1) is 5.69 Å². The smallest absolute Gasteiger partial charge is 0.207 e. The fourth-order valence-electron chi connectivity index (χ4n) is 2.43. The molecule has 1 fully saturated rings. The molecule has 0 bridgehead atoms. The highest BCUT2D eigenvalue weighted by atomic mass is 15.2. The van der Waals surface area contributed by atoms with Crippen LogP contribution in [0.4, 0.5) is 11.6 Å². The number of rotatable bonds is 6. The molecule has 0 saturated heterocycles. The predicted octanol–water partition coefficient (Wildman–Crippen LogP) is 3.03. The molecule has 1 aromatic carbocycles. The van der Waals surface area contributed by atoms with Gasteiger partial charge in [-0.3, -0.25) is 0 Å². The van der Waals surface area contributed by atoms with Crippen molar-refractivity contribution in [2.75, 3.05) is 18.9 Å². The van der Waals surface area contributed by atoms with Gasteiger partial charge in [0.25, 0.3) is 0 Å². The summed E-state index contributed by atoms with van der Waals surface area (Å²) in [6, 6.07) is 11.0. The number of nitrogens with zero attached hydrogens (tertiary/aromatic N) is 3. The van der Waals surface area contributed by atoms with E-state index in [2.05, 4.69) is 45.1 Å². The van der Waals surface area contributed by atoms with E-state index < -0.39 is 0 Å². The summed E-state index contributed by atoms with van der Waals surface area (Å²) in [5, 5.41) is 3.40. The van der Waals surface area contributed by atoms with Crippen molar-refractivity contribution in [1.29, 1.82) is 0 Å². The summed E-state index contributed by atoms with van der Waals surface area (Å²) in [7, 11) is 2.21. The number of imidazole rings is 1. The maximum atomic E-state index is 4.58. The monoisotopic (exact) mass is 270 g/mol. The number of likely N-dealkylation sites (N-methyl/N-ethyl adjacent to an activating group) is 1. The van der Waals surface area contributed by atoms with Crippen molar-refractivity contribution < 1.29 is 0 Å². The molecule has 0 atom stereocenters. The molecule has 4 nitrogen and oxygen atoms in total. The molecule has 0 unspecified atom stereocenters. The molecule has 20 heavy (non-hydrogen) atoms. The van der Waals surface area contributed by atoms with E-state index in [1.807, 2.05) is 25.1 Å². The molecule has 0 spiro atoms. The van der Waals surface area contributed by atoms with Crippen LogP contribution in [0.15, 0.2) is 36.5 Å². The summed E-state index contributed by atoms with van der Waals surface area (Å²) in [4.78, 5) is 7.02. The van der Waals surface area contributed by atoms with Crippen LogP contribution in [0.25, 0.3) is 0 Å². The minimum atomic E-state index is 0.810. The lowest BCUT2D eigenvalue weighted by Gasteiger charge is -2.17. The molecule has 1 saturated carbocycles. The van der Waals surface area contributed by atoms with Gasteiger partial charge >= 0.3 is 0 Å². The van der Waals surface area contributed by atoms with E-state index in [0.717, 1.165) is 36.5 Å². The number of hydrogen-bond acceptors (Lipinski definition) is 3. The van der Waals surface area contributed by atoms with Crippen molar-refractivity contribution in [1.82, 2.24) is 14.5 Å². The number of aromatic nitrogens is 2. The summed E-state index contributed by atoms with van der Waals surface area (Å²) in [5.41, 5.74) is 2.13. The van der Waals surface area contributed by atoms with Gasteiger partial charge in [0, 0.05) is 31.0 Å². The topological polar surface area (TPSA) is 33.1 Å². The van der Waals surface area contributed by atoms with E-state index in [9.17, 15) is 0 Å². The molecule has 1 aliphatic rings. The zero-order valence-electron chi connectivity index (χ0n) is 12.2. The Labute approximate surface area is 120 Å². The molecular weight excluding hydrogens is 248 g/mol. The molecule has 4 heteroatoms. The SMILES string of the molecule is Cc1cn(CCN(C)C2CC2)c(Nc2ccccc2)n1. The van der Waals surface area contributed by atoms with Crippen molar-refractivity contribution >= 4 is 11.6 Å². The van der Waals surface area contributed by atoms with Crippen LogP contribution in [0.5, 0.6) is 0 Å². The third-order valence-electron chi connectivity index (χ3n) is 3.79. The molecule has 1 N–H and O–H groups in total. The normalized spacial score (nSPS) is 14.8. The van der Waals surface area contributed by atoms with Crippen LogP contribution in [0.2, 0.25) is 0 Å². The average molecular weight is 270 g/mol. The fraction of sp³-hybridized carbons (Fsp3) is 0.438. The van der Waals surface area contributed by atoms with E-state index in [1.165, 1.54) is 12.8 Å². The summed E-state index contributed by atoms with van der Waals surface area (Å²) in [6.45, 7) is 4.09. The lowest BCUT2D eigenvalue weighted by Crippen LogP contribution is -2.25. The fourth-order valence-corrected chi connectivity index (χ4v) is 2.43. The largest absolute Gasteiger partial charge is 0.326 e. The van der Waals surface area contributed by atoms with Gasteiger partial charge in [-0.2, -0.15) is 0 Å². The van der Waals surface area contributed by atoms with Crippen LogP contribution in [-0.4, -0.2) is 34.1 Å². The molecular formula is C16H22N4. The first-order valence-corrected chi connectivity index (χ1v) is 7.28. The average Bonchev–Trinajstić information content (AvgIpc) is 3.23. The van der Waals surface area contributed by atoms with Crippen molar-refractivity contribution in [3.05, 3.63) is 42.2 Å². The first kappa shape index (κ1) is 13.2. The minimum absolute atomic E-state index is 0.810. The molecule has 3 rings (SSSR count). The van der Waals surface area contributed by atoms with Gasteiger partial charge in [-0.25, -0.2) is 4.98 Å². The molecule has 106 valence electrons.